The molecular weight excluding hydrogens is 386 g/mol. The van der Waals surface area contributed by atoms with Crippen LogP contribution in [0.3, 0.4) is 0 Å². The number of nitrogens with one attached hydrogen (secondary N) is 1. The van der Waals surface area contributed by atoms with E-state index in [1.165, 1.54) is 0 Å². The summed E-state index contributed by atoms with van der Waals surface area (Å²) in [5, 5.41) is 2.88. The molecule has 1 fully saturated rings. The van der Waals surface area contributed by atoms with Crippen LogP contribution in [0.15, 0.2) is 59.1 Å². The van der Waals surface area contributed by atoms with Gasteiger partial charge in [0, 0.05) is 16.1 Å². The van der Waals surface area contributed by atoms with Gasteiger partial charge in [0.25, 0.3) is 5.91 Å². The maximum Gasteiger partial charge on any atom is 0.345 e. The van der Waals surface area contributed by atoms with Crippen LogP contribution >= 0.6 is 15.9 Å². The van der Waals surface area contributed by atoms with E-state index >= 15 is 0 Å². The Hall–Kier alpha value is -2.34. The van der Waals surface area contributed by atoms with Crippen LogP contribution in [0.2, 0.25) is 0 Å². The van der Waals surface area contributed by atoms with Gasteiger partial charge in [-0.1, -0.05) is 52.3 Å². The molecule has 0 saturated heterocycles. The van der Waals surface area contributed by atoms with E-state index in [4.69, 9.17) is 9.47 Å². The zero-order valence-corrected chi connectivity index (χ0v) is 15.1. The van der Waals surface area contributed by atoms with Gasteiger partial charge in [0.15, 0.2) is 6.61 Å². The number of amides is 1. The van der Waals surface area contributed by atoms with Crippen molar-refractivity contribution in [1.29, 1.82) is 0 Å². The summed E-state index contributed by atoms with van der Waals surface area (Å²) in [5.74, 6) is -0.353. The van der Waals surface area contributed by atoms with Gasteiger partial charge in [0.1, 0.15) is 5.75 Å². The number of carbonyl (C=O) groups excluding carboxylic acids is 2. The predicted octanol–water partition coefficient (Wildman–Crippen LogP) is 3.39. The van der Waals surface area contributed by atoms with Gasteiger partial charge in [0.2, 0.25) is 6.10 Å². The minimum Gasteiger partial charge on any atom is -0.482 e. The molecule has 25 heavy (non-hydrogen) atoms. The first-order valence-corrected chi connectivity index (χ1v) is 8.84. The van der Waals surface area contributed by atoms with Gasteiger partial charge in [-0.05, 0) is 31.0 Å². The summed E-state index contributed by atoms with van der Waals surface area (Å²) in [6, 6.07) is 16.3. The molecule has 6 heteroatoms. The normalized spacial score (nSPS) is 14.4. The van der Waals surface area contributed by atoms with Crippen molar-refractivity contribution < 1.29 is 19.1 Å². The number of halogens is 1. The average Bonchev–Trinajstić information content (AvgIpc) is 3.42. The molecule has 0 aromatic heterocycles. The summed E-state index contributed by atoms with van der Waals surface area (Å²) in [6.07, 6.45) is 0.959. The highest BCUT2D eigenvalue weighted by Crippen LogP contribution is 2.23. The van der Waals surface area contributed by atoms with Crippen LogP contribution in [0.5, 0.6) is 5.75 Å². The average molecular weight is 404 g/mol. The van der Waals surface area contributed by atoms with Crippen molar-refractivity contribution >= 4 is 27.8 Å². The van der Waals surface area contributed by atoms with Crippen molar-refractivity contribution in [2.75, 3.05) is 6.61 Å². The maximum absolute atomic E-state index is 12.4. The summed E-state index contributed by atoms with van der Waals surface area (Å²) in [7, 11) is 0. The van der Waals surface area contributed by atoms with Gasteiger partial charge < -0.3 is 14.8 Å². The molecular formula is C19H18BrNO4. The van der Waals surface area contributed by atoms with E-state index in [-0.39, 0.29) is 18.6 Å². The first kappa shape index (κ1) is 17.5. The second kappa shape index (κ2) is 8.16. The molecule has 3 rings (SSSR count). The lowest BCUT2D eigenvalue weighted by atomic mass is 10.1. The molecule has 1 aliphatic rings. The Kier molecular flexibility index (Phi) is 5.71. The smallest absolute Gasteiger partial charge is 0.345 e. The van der Waals surface area contributed by atoms with Crippen molar-refractivity contribution in [3.8, 4) is 5.75 Å². The Morgan fingerprint density at radius 1 is 1.12 bits per heavy atom. The fraction of sp³-hybridized carbons (Fsp3) is 0.263. The van der Waals surface area contributed by atoms with E-state index in [0.717, 1.165) is 17.3 Å². The number of ether oxygens (including phenoxy) is 2. The second-order valence-electron chi connectivity index (χ2n) is 5.81. The molecule has 1 atom stereocenters. The highest BCUT2D eigenvalue weighted by atomic mass is 79.9. The van der Waals surface area contributed by atoms with E-state index in [0.29, 0.717) is 11.3 Å². The topological polar surface area (TPSA) is 64.6 Å². The summed E-state index contributed by atoms with van der Waals surface area (Å²) in [4.78, 5) is 24.6. The maximum atomic E-state index is 12.4. The standard InChI is InChI=1S/C19H18BrNO4/c20-14-7-4-8-16(11-14)24-12-17(22)25-18(13-5-2-1-3-6-13)19(23)21-15-9-10-15/h1-8,11,15,18H,9-10,12H2,(H,21,23)/t18-/m0/s1. The SMILES string of the molecule is O=C(COc1cccc(Br)c1)O[C@H](C(=O)NC1CC1)c1ccccc1. The number of hydrogen-bond donors (Lipinski definition) is 1. The zero-order chi connectivity index (χ0) is 17.6. The minimum atomic E-state index is -0.972. The third kappa shape index (κ3) is 5.32. The molecule has 0 heterocycles. The summed E-state index contributed by atoms with van der Waals surface area (Å²) in [5.41, 5.74) is 0.636. The number of rotatable bonds is 7. The number of hydrogen-bond acceptors (Lipinski definition) is 4. The summed E-state index contributed by atoms with van der Waals surface area (Å²) < 4.78 is 11.7. The lowest BCUT2D eigenvalue weighted by Crippen LogP contribution is -2.34. The largest absolute Gasteiger partial charge is 0.482 e. The summed E-state index contributed by atoms with van der Waals surface area (Å²) >= 11 is 3.34. The lowest BCUT2D eigenvalue weighted by Gasteiger charge is -2.18. The fourth-order valence-electron chi connectivity index (χ4n) is 2.27. The molecule has 2 aromatic carbocycles. The van der Waals surface area contributed by atoms with E-state index in [1.54, 1.807) is 42.5 Å². The van der Waals surface area contributed by atoms with Crippen molar-refractivity contribution in [3.05, 3.63) is 64.6 Å². The zero-order valence-electron chi connectivity index (χ0n) is 13.5. The van der Waals surface area contributed by atoms with Crippen LogP contribution in [0.4, 0.5) is 0 Å². The Labute approximate surface area is 154 Å². The molecule has 0 spiro atoms. The highest BCUT2D eigenvalue weighted by molar-refractivity contribution is 9.10. The third-order valence-electron chi connectivity index (χ3n) is 3.67. The first-order valence-electron chi connectivity index (χ1n) is 8.05. The molecule has 0 radical (unpaired) electrons. The van der Waals surface area contributed by atoms with Gasteiger partial charge in [-0.25, -0.2) is 4.79 Å². The Balaban J connectivity index is 1.62. The van der Waals surface area contributed by atoms with Crippen LogP contribution in [0.1, 0.15) is 24.5 Å². The van der Waals surface area contributed by atoms with E-state index < -0.39 is 12.1 Å². The van der Waals surface area contributed by atoms with Gasteiger partial charge in [-0.3, -0.25) is 4.79 Å². The molecule has 1 aliphatic carbocycles. The number of benzene rings is 2. The molecule has 1 N–H and O–H groups in total. The number of carbonyl (C=O) groups is 2. The van der Waals surface area contributed by atoms with Gasteiger partial charge in [-0.2, -0.15) is 0 Å². The van der Waals surface area contributed by atoms with Crippen molar-refractivity contribution in [2.24, 2.45) is 0 Å². The quantitative estimate of drug-likeness (QED) is 0.719. The van der Waals surface area contributed by atoms with Crippen molar-refractivity contribution in [2.45, 2.75) is 25.0 Å². The molecule has 0 bridgehead atoms. The highest BCUT2D eigenvalue weighted by Gasteiger charge is 2.30. The molecule has 5 nitrogen and oxygen atoms in total. The molecule has 0 unspecified atom stereocenters. The molecule has 2 aromatic rings. The van der Waals surface area contributed by atoms with Crippen molar-refractivity contribution in [3.63, 3.8) is 0 Å². The van der Waals surface area contributed by atoms with Crippen LogP contribution in [-0.2, 0) is 14.3 Å². The number of esters is 1. The monoisotopic (exact) mass is 403 g/mol. The van der Waals surface area contributed by atoms with E-state index in [2.05, 4.69) is 21.2 Å². The van der Waals surface area contributed by atoms with Gasteiger partial charge in [0.05, 0.1) is 0 Å². The molecule has 1 saturated carbocycles. The summed E-state index contributed by atoms with van der Waals surface area (Å²) in [6.45, 7) is -0.267. The Morgan fingerprint density at radius 2 is 1.88 bits per heavy atom. The Bertz CT molecular complexity index is 746. The second-order valence-corrected chi connectivity index (χ2v) is 6.73. The Morgan fingerprint density at radius 3 is 2.56 bits per heavy atom. The fourth-order valence-corrected chi connectivity index (χ4v) is 2.65. The van der Waals surface area contributed by atoms with Crippen LogP contribution in [0, 0.1) is 0 Å². The van der Waals surface area contributed by atoms with Crippen LogP contribution in [-0.4, -0.2) is 24.5 Å². The molecule has 130 valence electrons. The van der Waals surface area contributed by atoms with Gasteiger partial charge in [-0.15, -0.1) is 0 Å². The predicted molar refractivity (Wildman–Crippen MR) is 96.1 cm³/mol. The molecule has 0 aliphatic heterocycles. The minimum absolute atomic E-state index is 0.190. The van der Waals surface area contributed by atoms with E-state index in [9.17, 15) is 9.59 Å². The lowest BCUT2D eigenvalue weighted by molar-refractivity contribution is -0.158. The van der Waals surface area contributed by atoms with Gasteiger partial charge >= 0.3 is 5.97 Å². The van der Waals surface area contributed by atoms with Crippen molar-refractivity contribution in [1.82, 2.24) is 5.32 Å². The van der Waals surface area contributed by atoms with Crippen LogP contribution in [0.25, 0.3) is 0 Å². The third-order valence-corrected chi connectivity index (χ3v) is 4.16. The van der Waals surface area contributed by atoms with Crippen LogP contribution < -0.4 is 10.1 Å². The first-order chi connectivity index (χ1) is 12.1. The van der Waals surface area contributed by atoms with E-state index in [1.807, 2.05) is 12.1 Å². The molecule has 1 amide bonds.